The van der Waals surface area contributed by atoms with E-state index in [9.17, 15) is 9.59 Å². The minimum Gasteiger partial charge on any atom is -0.481 e. The highest BCUT2D eigenvalue weighted by atomic mass is 16.6. The third-order valence-corrected chi connectivity index (χ3v) is 4.29. The van der Waals surface area contributed by atoms with Gasteiger partial charge in [-0.05, 0) is 34.6 Å². The second-order valence-electron chi connectivity index (χ2n) is 7.92. The summed E-state index contributed by atoms with van der Waals surface area (Å²) in [5.41, 5.74) is -1.45. The quantitative estimate of drug-likeness (QED) is 0.781. The standard InChI is InChI=1S/C18H29N3O6/c1-17(2,3)27-16(23)21-11(10-26-18(21,4)5)9-12-13(24-7)19-15(25-8)20(6)14(12)22/h11H,9-10H2,1-8H3/t11-/m0/s1. The van der Waals surface area contributed by atoms with Crippen molar-refractivity contribution in [1.82, 2.24) is 14.5 Å². The van der Waals surface area contributed by atoms with Crippen LogP contribution in [0.2, 0.25) is 0 Å². The van der Waals surface area contributed by atoms with Gasteiger partial charge in [-0.1, -0.05) is 0 Å². The SMILES string of the molecule is COc1nc(OC)n(C)c(=O)c1C[C@H]1COC(C)(C)N1C(=O)OC(C)(C)C. The number of aromatic nitrogens is 2. The van der Waals surface area contributed by atoms with E-state index in [0.717, 1.165) is 0 Å². The Morgan fingerprint density at radius 3 is 2.44 bits per heavy atom. The topological polar surface area (TPSA) is 92.1 Å². The lowest BCUT2D eigenvalue weighted by Crippen LogP contribution is -2.50. The molecule has 0 aliphatic carbocycles. The third-order valence-electron chi connectivity index (χ3n) is 4.29. The fraction of sp³-hybridized carbons (Fsp3) is 0.722. The van der Waals surface area contributed by atoms with E-state index in [0.29, 0.717) is 5.56 Å². The highest BCUT2D eigenvalue weighted by molar-refractivity contribution is 5.69. The summed E-state index contributed by atoms with van der Waals surface area (Å²) in [5.74, 6) is 0.170. The van der Waals surface area contributed by atoms with Gasteiger partial charge in [0.15, 0.2) is 0 Å². The van der Waals surface area contributed by atoms with Crippen molar-refractivity contribution in [3.63, 3.8) is 0 Å². The maximum absolute atomic E-state index is 12.8. The number of hydrogen-bond donors (Lipinski definition) is 0. The van der Waals surface area contributed by atoms with E-state index in [1.54, 1.807) is 41.7 Å². The van der Waals surface area contributed by atoms with Crippen LogP contribution in [0.4, 0.5) is 4.79 Å². The van der Waals surface area contributed by atoms with E-state index in [2.05, 4.69) is 4.98 Å². The Balaban J connectivity index is 2.40. The van der Waals surface area contributed by atoms with Crippen molar-refractivity contribution >= 4 is 6.09 Å². The van der Waals surface area contributed by atoms with Crippen LogP contribution in [-0.4, -0.2) is 58.7 Å². The van der Waals surface area contributed by atoms with Crippen LogP contribution in [0.3, 0.4) is 0 Å². The summed E-state index contributed by atoms with van der Waals surface area (Å²) in [6.45, 7) is 9.25. The molecule has 0 aromatic carbocycles. The lowest BCUT2D eigenvalue weighted by atomic mass is 10.1. The van der Waals surface area contributed by atoms with Crippen molar-refractivity contribution in [2.24, 2.45) is 7.05 Å². The summed E-state index contributed by atoms with van der Waals surface area (Å²) in [7, 11) is 4.43. The smallest absolute Gasteiger partial charge is 0.412 e. The number of rotatable bonds is 4. The second kappa shape index (κ2) is 7.38. The number of carbonyl (C=O) groups excluding carboxylic acids is 1. The van der Waals surface area contributed by atoms with Crippen molar-refractivity contribution in [2.75, 3.05) is 20.8 Å². The number of amides is 1. The minimum absolute atomic E-state index is 0.146. The van der Waals surface area contributed by atoms with Crippen LogP contribution in [0.5, 0.6) is 11.9 Å². The summed E-state index contributed by atoms with van der Waals surface area (Å²) in [6, 6.07) is -0.251. The van der Waals surface area contributed by atoms with Gasteiger partial charge >= 0.3 is 12.1 Å². The van der Waals surface area contributed by atoms with Gasteiger partial charge < -0.3 is 18.9 Å². The predicted molar refractivity (Wildman–Crippen MR) is 98.2 cm³/mol. The van der Waals surface area contributed by atoms with Crippen molar-refractivity contribution in [3.05, 3.63) is 15.9 Å². The molecule has 9 heteroatoms. The van der Waals surface area contributed by atoms with Crippen molar-refractivity contribution in [3.8, 4) is 11.9 Å². The van der Waals surface area contributed by atoms with Gasteiger partial charge in [0.1, 0.15) is 11.3 Å². The molecular weight excluding hydrogens is 354 g/mol. The molecule has 1 amide bonds. The summed E-state index contributed by atoms with van der Waals surface area (Å²) < 4.78 is 23.0. The number of carbonyl (C=O) groups is 1. The molecule has 1 aromatic heterocycles. The van der Waals surface area contributed by atoms with Gasteiger partial charge in [0, 0.05) is 13.5 Å². The molecule has 1 aromatic rings. The van der Waals surface area contributed by atoms with Crippen LogP contribution in [0.25, 0.3) is 0 Å². The molecule has 0 N–H and O–H groups in total. The molecule has 0 unspecified atom stereocenters. The number of nitrogens with zero attached hydrogens (tertiary/aromatic N) is 3. The molecular formula is C18H29N3O6. The zero-order valence-corrected chi connectivity index (χ0v) is 17.3. The van der Waals surface area contributed by atoms with Gasteiger partial charge in [0.05, 0.1) is 32.4 Å². The van der Waals surface area contributed by atoms with Gasteiger partial charge in [-0.15, -0.1) is 0 Å². The van der Waals surface area contributed by atoms with Crippen LogP contribution in [0, 0.1) is 0 Å². The van der Waals surface area contributed by atoms with Gasteiger partial charge in [-0.3, -0.25) is 14.3 Å². The minimum atomic E-state index is -0.856. The molecule has 0 bridgehead atoms. The van der Waals surface area contributed by atoms with Gasteiger partial charge in [-0.25, -0.2) is 4.79 Å². The van der Waals surface area contributed by atoms with E-state index in [4.69, 9.17) is 18.9 Å². The molecule has 1 saturated heterocycles. The Hall–Kier alpha value is -2.29. The molecule has 1 fully saturated rings. The van der Waals surface area contributed by atoms with Gasteiger partial charge in [0.2, 0.25) is 5.88 Å². The average molecular weight is 383 g/mol. The first-order chi connectivity index (χ1) is 12.4. The molecule has 0 radical (unpaired) electrons. The molecule has 27 heavy (non-hydrogen) atoms. The molecule has 9 nitrogen and oxygen atoms in total. The van der Waals surface area contributed by atoms with Crippen LogP contribution >= 0.6 is 0 Å². The first-order valence-electron chi connectivity index (χ1n) is 8.75. The fourth-order valence-corrected chi connectivity index (χ4v) is 3.09. The van der Waals surface area contributed by atoms with Crippen molar-refractivity contribution < 1.29 is 23.7 Å². The number of ether oxygens (including phenoxy) is 4. The van der Waals surface area contributed by atoms with E-state index in [1.807, 2.05) is 0 Å². The highest BCUT2D eigenvalue weighted by Gasteiger charge is 2.46. The van der Waals surface area contributed by atoms with Crippen LogP contribution in [0.15, 0.2) is 4.79 Å². The Labute approximate surface area is 159 Å². The van der Waals surface area contributed by atoms with Crippen molar-refractivity contribution in [1.29, 1.82) is 0 Å². The monoisotopic (exact) mass is 383 g/mol. The molecule has 1 aliphatic rings. The summed E-state index contributed by atoms with van der Waals surface area (Å²) in [6.07, 6.45) is -0.276. The van der Waals surface area contributed by atoms with E-state index >= 15 is 0 Å². The lowest BCUT2D eigenvalue weighted by Gasteiger charge is -2.35. The maximum Gasteiger partial charge on any atom is 0.412 e. The fourth-order valence-electron chi connectivity index (χ4n) is 3.09. The number of methoxy groups -OCH3 is 2. The Morgan fingerprint density at radius 1 is 1.30 bits per heavy atom. The first-order valence-corrected chi connectivity index (χ1v) is 8.75. The highest BCUT2D eigenvalue weighted by Crippen LogP contribution is 2.32. The summed E-state index contributed by atoms with van der Waals surface area (Å²) in [4.78, 5) is 31.3. The van der Waals surface area contributed by atoms with Crippen LogP contribution in [0.1, 0.15) is 40.2 Å². The molecule has 0 spiro atoms. The van der Waals surface area contributed by atoms with Crippen molar-refractivity contribution in [2.45, 2.75) is 58.4 Å². The molecule has 2 heterocycles. The van der Waals surface area contributed by atoms with Crippen LogP contribution in [-0.2, 0) is 22.9 Å². The molecule has 0 saturated carbocycles. The van der Waals surface area contributed by atoms with Gasteiger partial charge in [0.25, 0.3) is 5.56 Å². The predicted octanol–water partition coefficient (Wildman–Crippen LogP) is 1.71. The third kappa shape index (κ3) is 4.35. The zero-order valence-electron chi connectivity index (χ0n) is 17.3. The van der Waals surface area contributed by atoms with E-state index < -0.39 is 23.5 Å². The van der Waals surface area contributed by atoms with E-state index in [1.165, 1.54) is 23.7 Å². The molecule has 1 aliphatic heterocycles. The van der Waals surface area contributed by atoms with E-state index in [-0.39, 0.29) is 30.5 Å². The molecule has 152 valence electrons. The first kappa shape index (κ1) is 21.0. The average Bonchev–Trinajstić information content (AvgIpc) is 2.85. The number of hydrogen-bond acceptors (Lipinski definition) is 7. The Morgan fingerprint density at radius 2 is 1.93 bits per heavy atom. The van der Waals surface area contributed by atoms with Crippen LogP contribution < -0.4 is 15.0 Å². The zero-order chi connectivity index (χ0) is 20.6. The second-order valence-corrected chi connectivity index (χ2v) is 7.92. The Kier molecular flexibility index (Phi) is 5.74. The summed E-state index contributed by atoms with van der Waals surface area (Å²) >= 11 is 0. The summed E-state index contributed by atoms with van der Waals surface area (Å²) in [5, 5.41) is 0. The van der Waals surface area contributed by atoms with Gasteiger partial charge in [-0.2, -0.15) is 4.98 Å². The molecule has 1 atom stereocenters. The normalized spacial score (nSPS) is 19.1. The largest absolute Gasteiger partial charge is 0.481 e. The Bertz CT molecular complexity index is 766. The molecule has 2 rings (SSSR count). The lowest BCUT2D eigenvalue weighted by molar-refractivity contribution is -0.0624. The maximum atomic E-state index is 12.8.